The van der Waals surface area contributed by atoms with Crippen molar-refractivity contribution in [3.05, 3.63) is 60.2 Å². The molecule has 4 rings (SSSR count). The van der Waals surface area contributed by atoms with E-state index in [1.807, 2.05) is 30.3 Å². The van der Waals surface area contributed by atoms with Crippen LogP contribution in [-0.2, 0) is 9.59 Å². The highest BCUT2D eigenvalue weighted by molar-refractivity contribution is 5.98. The minimum absolute atomic E-state index is 0.0485. The molecule has 2 N–H and O–H groups in total. The molecule has 2 aromatic carbocycles. The van der Waals surface area contributed by atoms with Gasteiger partial charge in [-0.3, -0.25) is 14.4 Å². The van der Waals surface area contributed by atoms with E-state index in [4.69, 9.17) is 0 Å². The fourth-order valence-corrected chi connectivity index (χ4v) is 3.61. The molecular weight excluding hydrogens is 366 g/mol. The van der Waals surface area contributed by atoms with Gasteiger partial charge in [-0.1, -0.05) is 18.2 Å². The topological polar surface area (TPSA) is 78.5 Å². The van der Waals surface area contributed by atoms with E-state index in [2.05, 4.69) is 10.6 Å². The Balaban J connectivity index is 1.35. The van der Waals surface area contributed by atoms with Gasteiger partial charge in [0, 0.05) is 35.9 Å². The lowest BCUT2D eigenvalue weighted by Gasteiger charge is -2.32. The van der Waals surface area contributed by atoms with Crippen molar-refractivity contribution in [3.63, 3.8) is 0 Å². The van der Waals surface area contributed by atoms with Crippen LogP contribution in [0.3, 0.4) is 0 Å². The van der Waals surface area contributed by atoms with E-state index < -0.39 is 0 Å². The number of rotatable bonds is 5. The number of hydrogen-bond donors (Lipinski definition) is 2. The summed E-state index contributed by atoms with van der Waals surface area (Å²) < 4.78 is 0. The molecule has 6 heteroatoms. The summed E-state index contributed by atoms with van der Waals surface area (Å²) >= 11 is 0. The average Bonchev–Trinajstić information content (AvgIpc) is 3.60. The van der Waals surface area contributed by atoms with Crippen LogP contribution in [0.2, 0.25) is 0 Å². The van der Waals surface area contributed by atoms with Gasteiger partial charge in [0.2, 0.25) is 11.8 Å². The van der Waals surface area contributed by atoms with Gasteiger partial charge in [0.25, 0.3) is 5.91 Å². The normalized spacial score (nSPS) is 18.8. The van der Waals surface area contributed by atoms with Crippen molar-refractivity contribution in [3.8, 4) is 0 Å². The maximum Gasteiger partial charge on any atom is 0.253 e. The molecule has 0 radical (unpaired) electrons. The first-order valence-corrected chi connectivity index (χ1v) is 10.2. The van der Waals surface area contributed by atoms with E-state index in [9.17, 15) is 14.4 Å². The molecular formula is C23H25N3O3. The van der Waals surface area contributed by atoms with Crippen molar-refractivity contribution in [2.75, 3.05) is 23.7 Å². The van der Waals surface area contributed by atoms with Crippen molar-refractivity contribution in [1.82, 2.24) is 4.90 Å². The molecule has 3 amide bonds. The second kappa shape index (κ2) is 8.47. The van der Waals surface area contributed by atoms with Gasteiger partial charge < -0.3 is 15.5 Å². The number of likely N-dealkylation sites (tertiary alicyclic amines) is 1. The van der Waals surface area contributed by atoms with E-state index in [1.165, 1.54) is 0 Å². The highest BCUT2D eigenvalue weighted by atomic mass is 16.2. The Morgan fingerprint density at radius 2 is 1.38 bits per heavy atom. The van der Waals surface area contributed by atoms with Crippen LogP contribution in [0.5, 0.6) is 0 Å². The standard InChI is InChI=1S/C23H25N3O3/c27-21(16-8-9-16)25-20-12-10-17(11-13-20)23(29)26-14-4-5-18(15-26)22(28)24-19-6-2-1-3-7-19/h1-3,6-7,10-13,16,18H,4-5,8-9,14-15H2,(H,24,28)(H,25,27). The van der Waals surface area contributed by atoms with Crippen LogP contribution in [0.25, 0.3) is 0 Å². The van der Waals surface area contributed by atoms with Crippen molar-refractivity contribution in [2.45, 2.75) is 25.7 Å². The van der Waals surface area contributed by atoms with E-state index in [0.717, 1.165) is 31.4 Å². The number of nitrogens with one attached hydrogen (secondary N) is 2. The summed E-state index contributed by atoms with van der Waals surface area (Å²) in [4.78, 5) is 39.1. The van der Waals surface area contributed by atoms with Crippen molar-refractivity contribution >= 4 is 29.1 Å². The lowest BCUT2D eigenvalue weighted by molar-refractivity contribution is -0.121. The predicted octanol–water partition coefficient (Wildman–Crippen LogP) is 3.53. The summed E-state index contributed by atoms with van der Waals surface area (Å²) in [6, 6.07) is 16.4. The Bertz CT molecular complexity index is 891. The summed E-state index contributed by atoms with van der Waals surface area (Å²) in [5, 5.41) is 5.81. The van der Waals surface area contributed by atoms with Crippen molar-refractivity contribution < 1.29 is 14.4 Å². The van der Waals surface area contributed by atoms with Crippen LogP contribution < -0.4 is 10.6 Å². The molecule has 2 aliphatic rings. The van der Waals surface area contributed by atoms with Crippen LogP contribution in [0.15, 0.2) is 54.6 Å². The maximum atomic E-state index is 12.9. The fourth-order valence-electron chi connectivity index (χ4n) is 3.61. The van der Waals surface area contributed by atoms with Gasteiger partial charge in [-0.2, -0.15) is 0 Å². The number of benzene rings is 2. The molecule has 150 valence electrons. The van der Waals surface area contributed by atoms with E-state index in [0.29, 0.717) is 24.3 Å². The minimum atomic E-state index is -0.218. The quantitative estimate of drug-likeness (QED) is 0.818. The minimum Gasteiger partial charge on any atom is -0.338 e. The first kappa shape index (κ1) is 19.2. The molecule has 0 aromatic heterocycles. The third-order valence-electron chi connectivity index (χ3n) is 5.47. The number of hydrogen-bond acceptors (Lipinski definition) is 3. The molecule has 1 saturated carbocycles. The molecule has 1 atom stereocenters. The molecule has 0 spiro atoms. The number of piperidine rings is 1. The number of carbonyl (C=O) groups excluding carboxylic acids is 3. The Labute approximate surface area is 170 Å². The molecule has 1 unspecified atom stereocenters. The first-order chi connectivity index (χ1) is 14.1. The number of amides is 3. The number of carbonyl (C=O) groups is 3. The SMILES string of the molecule is O=C(Nc1ccc(C(=O)N2CCCC(C(=O)Nc3ccccc3)C2)cc1)C1CC1. The molecule has 2 fully saturated rings. The second-order valence-electron chi connectivity index (χ2n) is 7.79. The molecule has 6 nitrogen and oxygen atoms in total. The van der Waals surface area contributed by atoms with Gasteiger partial charge in [-0.15, -0.1) is 0 Å². The molecule has 2 aromatic rings. The third-order valence-corrected chi connectivity index (χ3v) is 5.47. The Kier molecular flexibility index (Phi) is 5.60. The molecule has 1 heterocycles. The summed E-state index contributed by atoms with van der Waals surface area (Å²) in [7, 11) is 0. The maximum absolute atomic E-state index is 12.9. The van der Waals surface area contributed by atoms with Crippen LogP contribution in [0.1, 0.15) is 36.0 Å². The largest absolute Gasteiger partial charge is 0.338 e. The van der Waals surface area contributed by atoms with Gasteiger partial charge in [0.05, 0.1) is 5.92 Å². The lowest BCUT2D eigenvalue weighted by Crippen LogP contribution is -2.43. The highest BCUT2D eigenvalue weighted by Crippen LogP contribution is 2.30. The number of para-hydroxylation sites is 1. The van der Waals surface area contributed by atoms with Gasteiger partial charge in [0.1, 0.15) is 0 Å². The fraction of sp³-hybridized carbons (Fsp3) is 0.348. The van der Waals surface area contributed by atoms with Gasteiger partial charge in [-0.25, -0.2) is 0 Å². The third kappa shape index (κ3) is 4.83. The zero-order chi connectivity index (χ0) is 20.2. The summed E-state index contributed by atoms with van der Waals surface area (Å²) in [6.07, 6.45) is 3.48. The summed E-state index contributed by atoms with van der Waals surface area (Å²) in [5.41, 5.74) is 2.04. The van der Waals surface area contributed by atoms with Crippen LogP contribution in [-0.4, -0.2) is 35.7 Å². The highest BCUT2D eigenvalue weighted by Gasteiger charge is 2.30. The van der Waals surface area contributed by atoms with E-state index >= 15 is 0 Å². The Morgan fingerprint density at radius 1 is 0.759 bits per heavy atom. The zero-order valence-corrected chi connectivity index (χ0v) is 16.3. The Morgan fingerprint density at radius 3 is 2.03 bits per heavy atom. The summed E-state index contributed by atoms with van der Waals surface area (Å²) in [5.74, 6) is -0.157. The van der Waals surface area contributed by atoms with Gasteiger partial charge in [-0.05, 0) is 62.1 Å². The first-order valence-electron chi connectivity index (χ1n) is 10.2. The second-order valence-corrected chi connectivity index (χ2v) is 7.79. The predicted molar refractivity (Wildman–Crippen MR) is 111 cm³/mol. The van der Waals surface area contributed by atoms with Crippen LogP contribution in [0.4, 0.5) is 11.4 Å². The van der Waals surface area contributed by atoms with Crippen LogP contribution in [0, 0.1) is 11.8 Å². The van der Waals surface area contributed by atoms with Crippen molar-refractivity contribution in [1.29, 1.82) is 0 Å². The van der Waals surface area contributed by atoms with Crippen molar-refractivity contribution in [2.24, 2.45) is 11.8 Å². The average molecular weight is 391 g/mol. The monoisotopic (exact) mass is 391 g/mol. The zero-order valence-electron chi connectivity index (χ0n) is 16.3. The van der Waals surface area contributed by atoms with E-state index in [-0.39, 0.29) is 29.6 Å². The molecule has 29 heavy (non-hydrogen) atoms. The molecule has 1 aliphatic carbocycles. The molecule has 0 bridgehead atoms. The Hall–Kier alpha value is -3.15. The molecule has 1 aliphatic heterocycles. The lowest BCUT2D eigenvalue weighted by atomic mass is 9.96. The summed E-state index contributed by atoms with van der Waals surface area (Å²) in [6.45, 7) is 1.06. The van der Waals surface area contributed by atoms with Gasteiger partial charge >= 0.3 is 0 Å². The molecule has 1 saturated heterocycles. The number of anilines is 2. The van der Waals surface area contributed by atoms with Gasteiger partial charge in [0.15, 0.2) is 0 Å². The number of nitrogens with zero attached hydrogens (tertiary/aromatic N) is 1. The smallest absolute Gasteiger partial charge is 0.253 e. The van der Waals surface area contributed by atoms with Crippen LogP contribution >= 0.6 is 0 Å². The van der Waals surface area contributed by atoms with E-state index in [1.54, 1.807) is 29.2 Å².